The number of cyclic esters (lactones) is 1. The molecule has 1 fully saturated rings. The van der Waals surface area contributed by atoms with Crippen LogP contribution in [0.4, 0.5) is 28.8 Å². The Morgan fingerprint density at radius 2 is 1.97 bits per heavy atom. The van der Waals surface area contributed by atoms with E-state index in [1.807, 2.05) is 0 Å². The number of aromatic nitrogens is 2. The molecule has 0 aliphatic carbocycles. The Morgan fingerprint density at radius 3 is 2.70 bits per heavy atom. The molecule has 4 rings (SSSR count). The van der Waals surface area contributed by atoms with Crippen LogP contribution >= 0.6 is 11.5 Å². The molecule has 7 nitrogen and oxygen atoms in total. The van der Waals surface area contributed by atoms with Gasteiger partial charge in [0.05, 0.1) is 12.1 Å². The zero-order valence-electron chi connectivity index (χ0n) is 15.1. The van der Waals surface area contributed by atoms with Crippen LogP contribution in [0.3, 0.4) is 0 Å². The SMILES string of the molecule is O=C(Nc1nc(-c2cccc(C(F)(F)F)c2)ns1)c1cccc(N2CCOC2=O)c1. The van der Waals surface area contributed by atoms with E-state index in [4.69, 9.17) is 4.74 Å². The second-order valence-corrected chi connectivity index (χ2v) is 7.02. The molecule has 154 valence electrons. The lowest BCUT2D eigenvalue weighted by Crippen LogP contribution is -2.23. The smallest absolute Gasteiger partial charge is 0.416 e. The average Bonchev–Trinajstić information content (AvgIpc) is 3.36. The Bertz CT molecular complexity index is 1120. The molecular weight excluding hydrogens is 421 g/mol. The van der Waals surface area contributed by atoms with Gasteiger partial charge in [-0.3, -0.25) is 15.0 Å². The van der Waals surface area contributed by atoms with Crippen molar-refractivity contribution in [2.24, 2.45) is 0 Å². The second-order valence-electron chi connectivity index (χ2n) is 6.27. The van der Waals surface area contributed by atoms with E-state index in [-0.39, 0.29) is 28.7 Å². The molecule has 1 aliphatic heterocycles. The van der Waals surface area contributed by atoms with Crippen LogP contribution in [0.15, 0.2) is 48.5 Å². The number of rotatable bonds is 4. The molecule has 1 aliphatic rings. The molecule has 0 atom stereocenters. The maximum atomic E-state index is 12.9. The van der Waals surface area contributed by atoms with Gasteiger partial charge in [0.1, 0.15) is 6.61 Å². The zero-order valence-corrected chi connectivity index (χ0v) is 16.0. The van der Waals surface area contributed by atoms with Gasteiger partial charge >= 0.3 is 12.3 Å². The molecule has 1 saturated heterocycles. The fourth-order valence-electron chi connectivity index (χ4n) is 2.84. The topological polar surface area (TPSA) is 84.4 Å². The van der Waals surface area contributed by atoms with Crippen LogP contribution in [0.5, 0.6) is 0 Å². The van der Waals surface area contributed by atoms with Crippen LogP contribution in [-0.4, -0.2) is 34.5 Å². The summed E-state index contributed by atoms with van der Waals surface area (Å²) in [5.41, 5.74) is 0.184. The summed E-state index contributed by atoms with van der Waals surface area (Å²) in [6.07, 6.45) is -4.96. The van der Waals surface area contributed by atoms with E-state index in [9.17, 15) is 22.8 Å². The molecular formula is C19H13F3N4O3S. The summed E-state index contributed by atoms with van der Waals surface area (Å²) in [5, 5.41) is 2.71. The first-order chi connectivity index (χ1) is 14.3. The van der Waals surface area contributed by atoms with Crippen LogP contribution in [0.25, 0.3) is 11.4 Å². The maximum Gasteiger partial charge on any atom is 0.416 e. The van der Waals surface area contributed by atoms with Crippen molar-refractivity contribution >= 4 is 34.4 Å². The number of carbonyl (C=O) groups is 2. The number of nitrogens with one attached hydrogen (secondary N) is 1. The minimum atomic E-state index is -4.48. The van der Waals surface area contributed by atoms with Gasteiger partial charge in [0.25, 0.3) is 5.91 Å². The molecule has 30 heavy (non-hydrogen) atoms. The van der Waals surface area contributed by atoms with Crippen LogP contribution < -0.4 is 10.2 Å². The van der Waals surface area contributed by atoms with Crippen LogP contribution in [0.1, 0.15) is 15.9 Å². The summed E-state index contributed by atoms with van der Waals surface area (Å²) in [7, 11) is 0. The molecule has 2 heterocycles. The van der Waals surface area contributed by atoms with Crippen molar-refractivity contribution in [3.05, 3.63) is 59.7 Å². The van der Waals surface area contributed by atoms with Gasteiger partial charge in [0.2, 0.25) is 5.13 Å². The summed E-state index contributed by atoms with van der Waals surface area (Å²) in [6, 6.07) is 11.1. The minimum Gasteiger partial charge on any atom is -0.447 e. The van der Waals surface area contributed by atoms with E-state index in [0.29, 0.717) is 12.2 Å². The highest BCUT2D eigenvalue weighted by atomic mass is 32.1. The van der Waals surface area contributed by atoms with Crippen molar-refractivity contribution in [2.45, 2.75) is 6.18 Å². The Labute approximate surface area is 172 Å². The van der Waals surface area contributed by atoms with Gasteiger partial charge in [-0.25, -0.2) is 4.79 Å². The third kappa shape index (κ3) is 4.10. The van der Waals surface area contributed by atoms with Crippen molar-refractivity contribution in [3.63, 3.8) is 0 Å². The minimum absolute atomic E-state index is 0.0787. The molecule has 0 radical (unpaired) electrons. The highest BCUT2D eigenvalue weighted by Crippen LogP contribution is 2.32. The number of anilines is 2. The number of carbonyl (C=O) groups excluding carboxylic acids is 2. The number of halogens is 3. The van der Waals surface area contributed by atoms with E-state index >= 15 is 0 Å². The lowest BCUT2D eigenvalue weighted by molar-refractivity contribution is -0.137. The monoisotopic (exact) mass is 434 g/mol. The molecule has 3 aromatic rings. The lowest BCUT2D eigenvalue weighted by atomic mass is 10.1. The van der Waals surface area contributed by atoms with Crippen LogP contribution in [0, 0.1) is 0 Å². The fraction of sp³-hybridized carbons (Fsp3) is 0.158. The molecule has 2 amide bonds. The number of alkyl halides is 3. The van der Waals surface area contributed by atoms with Gasteiger partial charge in [-0.1, -0.05) is 18.2 Å². The van der Waals surface area contributed by atoms with Crippen LogP contribution in [0.2, 0.25) is 0 Å². The standard InChI is InChI=1S/C19H13F3N4O3S/c20-19(21,22)13-5-1-3-11(9-13)15-23-17(30-25-15)24-16(27)12-4-2-6-14(10-12)26-7-8-29-18(26)28/h1-6,9-10H,7-8H2,(H,23,24,25,27). The Balaban J connectivity index is 1.51. The number of hydrogen-bond donors (Lipinski definition) is 1. The van der Waals surface area contributed by atoms with Crippen molar-refractivity contribution in [1.29, 1.82) is 0 Å². The lowest BCUT2D eigenvalue weighted by Gasteiger charge is -2.13. The molecule has 0 spiro atoms. The summed E-state index contributed by atoms with van der Waals surface area (Å²) in [6.45, 7) is 0.666. The van der Waals surface area contributed by atoms with E-state index in [0.717, 1.165) is 23.7 Å². The number of ether oxygens (including phenoxy) is 1. The quantitative estimate of drug-likeness (QED) is 0.657. The zero-order chi connectivity index (χ0) is 21.3. The number of hydrogen-bond acceptors (Lipinski definition) is 6. The van der Waals surface area contributed by atoms with Crippen molar-refractivity contribution in [2.75, 3.05) is 23.4 Å². The molecule has 1 N–H and O–H groups in total. The van der Waals surface area contributed by atoms with E-state index in [2.05, 4.69) is 14.7 Å². The molecule has 0 unspecified atom stereocenters. The largest absolute Gasteiger partial charge is 0.447 e. The van der Waals surface area contributed by atoms with Gasteiger partial charge < -0.3 is 4.74 Å². The molecule has 2 aromatic carbocycles. The van der Waals surface area contributed by atoms with E-state index < -0.39 is 23.7 Å². The van der Waals surface area contributed by atoms with Gasteiger partial charge in [0, 0.05) is 28.3 Å². The number of benzene rings is 2. The molecule has 0 saturated carbocycles. The first-order valence-corrected chi connectivity index (χ1v) is 9.46. The highest BCUT2D eigenvalue weighted by Gasteiger charge is 2.30. The number of amides is 2. The van der Waals surface area contributed by atoms with Gasteiger partial charge in [-0.2, -0.15) is 22.5 Å². The predicted molar refractivity (Wildman–Crippen MR) is 103 cm³/mol. The average molecular weight is 434 g/mol. The summed E-state index contributed by atoms with van der Waals surface area (Å²) in [5.74, 6) is -0.411. The Hall–Kier alpha value is -3.47. The van der Waals surface area contributed by atoms with Gasteiger partial charge in [-0.15, -0.1) is 0 Å². The normalized spacial score (nSPS) is 14.0. The third-order valence-corrected chi connectivity index (χ3v) is 4.91. The second kappa shape index (κ2) is 7.75. The molecule has 11 heteroatoms. The highest BCUT2D eigenvalue weighted by molar-refractivity contribution is 7.10. The van der Waals surface area contributed by atoms with Crippen LogP contribution in [-0.2, 0) is 10.9 Å². The first-order valence-electron chi connectivity index (χ1n) is 8.68. The summed E-state index contributed by atoms with van der Waals surface area (Å²) in [4.78, 5) is 29.7. The third-order valence-electron chi connectivity index (χ3n) is 4.28. The van der Waals surface area contributed by atoms with Crippen molar-refractivity contribution < 1.29 is 27.5 Å². The van der Waals surface area contributed by atoms with Gasteiger partial charge in [-0.05, 0) is 30.3 Å². The van der Waals surface area contributed by atoms with Crippen molar-refractivity contribution in [3.8, 4) is 11.4 Å². The van der Waals surface area contributed by atoms with E-state index in [1.165, 1.54) is 23.1 Å². The molecule has 1 aromatic heterocycles. The summed E-state index contributed by atoms with van der Waals surface area (Å²) < 4.78 is 47.6. The fourth-order valence-corrected chi connectivity index (χ4v) is 3.42. The molecule has 0 bridgehead atoms. The summed E-state index contributed by atoms with van der Waals surface area (Å²) >= 11 is 0.852. The number of nitrogens with zero attached hydrogens (tertiary/aromatic N) is 3. The van der Waals surface area contributed by atoms with Gasteiger partial charge in [0.15, 0.2) is 5.82 Å². The Kier molecular flexibility index (Phi) is 5.12. The van der Waals surface area contributed by atoms with E-state index in [1.54, 1.807) is 18.2 Å². The van der Waals surface area contributed by atoms with Crippen molar-refractivity contribution in [1.82, 2.24) is 9.36 Å². The predicted octanol–water partition coefficient (Wildman–Crippen LogP) is 4.43. The Morgan fingerprint density at radius 1 is 1.17 bits per heavy atom. The maximum absolute atomic E-state index is 12.9. The first kappa shape index (κ1) is 19.8.